The van der Waals surface area contributed by atoms with Crippen molar-refractivity contribution < 1.29 is 9.52 Å². The second-order valence-electron chi connectivity index (χ2n) is 4.59. The Balaban J connectivity index is 1.75. The largest absolute Gasteiger partial charge is 0.469 e. The monoisotopic (exact) mass is 253 g/mol. The molecule has 0 saturated carbocycles. The number of fused-ring (bicyclic) bond motifs is 1. The van der Waals surface area contributed by atoms with Crippen LogP contribution >= 0.6 is 0 Å². The lowest BCUT2D eigenvalue weighted by molar-refractivity contribution is 0.165. The van der Waals surface area contributed by atoms with Gasteiger partial charge in [0.1, 0.15) is 5.76 Å². The molecule has 3 heteroatoms. The number of aliphatic hydroxyl groups is 1. The fraction of sp³-hybridized carbons (Fsp3) is 0.188. The van der Waals surface area contributed by atoms with Crippen molar-refractivity contribution in [2.45, 2.75) is 18.9 Å². The third kappa shape index (κ3) is 2.66. The molecule has 0 spiro atoms. The summed E-state index contributed by atoms with van der Waals surface area (Å²) in [6, 6.07) is 13.6. The van der Waals surface area contributed by atoms with Gasteiger partial charge in [-0.3, -0.25) is 4.98 Å². The molecule has 0 aliphatic carbocycles. The van der Waals surface area contributed by atoms with Crippen LogP contribution in [0.1, 0.15) is 23.8 Å². The highest BCUT2D eigenvalue weighted by molar-refractivity contribution is 5.78. The van der Waals surface area contributed by atoms with Gasteiger partial charge in [-0.05, 0) is 36.2 Å². The van der Waals surface area contributed by atoms with E-state index in [0.29, 0.717) is 6.42 Å². The number of aromatic nitrogens is 1. The number of hydrogen-bond acceptors (Lipinski definition) is 3. The van der Waals surface area contributed by atoms with Crippen LogP contribution in [0.4, 0.5) is 0 Å². The molecule has 1 atom stereocenters. The van der Waals surface area contributed by atoms with E-state index in [0.717, 1.165) is 28.6 Å². The first-order valence-electron chi connectivity index (χ1n) is 6.38. The van der Waals surface area contributed by atoms with Crippen molar-refractivity contribution in [3.63, 3.8) is 0 Å². The maximum atomic E-state index is 10.2. The van der Waals surface area contributed by atoms with Gasteiger partial charge < -0.3 is 9.52 Å². The Hall–Kier alpha value is -2.13. The Morgan fingerprint density at radius 1 is 1.16 bits per heavy atom. The zero-order valence-electron chi connectivity index (χ0n) is 10.5. The maximum Gasteiger partial charge on any atom is 0.103 e. The van der Waals surface area contributed by atoms with Crippen LogP contribution in [0.15, 0.2) is 59.3 Å². The predicted octanol–water partition coefficient (Wildman–Crippen LogP) is 3.49. The van der Waals surface area contributed by atoms with Crippen molar-refractivity contribution >= 4 is 10.9 Å². The number of rotatable bonds is 4. The lowest BCUT2D eigenvalue weighted by atomic mass is 10.0. The van der Waals surface area contributed by atoms with Crippen molar-refractivity contribution in [2.24, 2.45) is 0 Å². The molecule has 3 nitrogen and oxygen atoms in total. The number of hydrogen-bond donors (Lipinski definition) is 1. The summed E-state index contributed by atoms with van der Waals surface area (Å²) in [6.45, 7) is 0. The van der Waals surface area contributed by atoms with Gasteiger partial charge in [-0.2, -0.15) is 0 Å². The first kappa shape index (κ1) is 11.9. The van der Waals surface area contributed by atoms with Crippen LogP contribution in [0.2, 0.25) is 0 Å². The van der Waals surface area contributed by atoms with Crippen LogP contribution in [-0.4, -0.2) is 10.1 Å². The van der Waals surface area contributed by atoms with Crippen molar-refractivity contribution in [2.75, 3.05) is 0 Å². The van der Waals surface area contributed by atoms with Gasteiger partial charge in [0.05, 0.1) is 17.9 Å². The molecular weight excluding hydrogens is 238 g/mol. The lowest BCUT2D eigenvalue weighted by Gasteiger charge is -2.10. The first-order chi connectivity index (χ1) is 9.33. The number of nitrogens with zero attached hydrogens (tertiary/aromatic N) is 1. The van der Waals surface area contributed by atoms with Gasteiger partial charge >= 0.3 is 0 Å². The van der Waals surface area contributed by atoms with Gasteiger partial charge in [0.15, 0.2) is 0 Å². The smallest absolute Gasteiger partial charge is 0.103 e. The van der Waals surface area contributed by atoms with Gasteiger partial charge in [0.2, 0.25) is 0 Å². The van der Waals surface area contributed by atoms with E-state index >= 15 is 0 Å². The van der Waals surface area contributed by atoms with Crippen molar-refractivity contribution in [1.29, 1.82) is 0 Å². The zero-order valence-corrected chi connectivity index (χ0v) is 10.5. The lowest BCUT2D eigenvalue weighted by Crippen LogP contribution is -1.99. The van der Waals surface area contributed by atoms with Gasteiger partial charge in [-0.25, -0.2) is 0 Å². The number of furan rings is 1. The van der Waals surface area contributed by atoms with E-state index < -0.39 is 6.10 Å². The summed E-state index contributed by atoms with van der Waals surface area (Å²) in [5.74, 6) is 0.901. The normalized spacial score (nSPS) is 12.7. The fourth-order valence-electron chi connectivity index (χ4n) is 2.19. The average Bonchev–Trinajstić information content (AvgIpc) is 2.97. The molecule has 0 bridgehead atoms. The first-order valence-corrected chi connectivity index (χ1v) is 6.38. The molecule has 1 unspecified atom stereocenters. The summed E-state index contributed by atoms with van der Waals surface area (Å²) in [4.78, 5) is 4.30. The number of aryl methyl sites for hydroxylation is 1. The van der Waals surface area contributed by atoms with Crippen LogP contribution in [0, 0.1) is 0 Å². The molecule has 0 saturated heterocycles. The zero-order chi connectivity index (χ0) is 13.1. The minimum atomic E-state index is -0.489. The maximum absolute atomic E-state index is 10.2. The highest BCUT2D eigenvalue weighted by Crippen LogP contribution is 2.22. The van der Waals surface area contributed by atoms with Crippen LogP contribution < -0.4 is 0 Å². The molecule has 0 fully saturated rings. The van der Waals surface area contributed by atoms with E-state index in [-0.39, 0.29) is 0 Å². The van der Waals surface area contributed by atoms with Crippen LogP contribution in [0.3, 0.4) is 0 Å². The Morgan fingerprint density at radius 3 is 2.95 bits per heavy atom. The van der Waals surface area contributed by atoms with E-state index in [2.05, 4.69) is 4.98 Å². The Bertz CT molecular complexity index is 661. The van der Waals surface area contributed by atoms with Gasteiger partial charge in [0, 0.05) is 18.0 Å². The van der Waals surface area contributed by atoms with E-state index in [1.807, 2.05) is 42.5 Å². The Kier molecular flexibility index (Phi) is 3.29. The molecule has 0 amide bonds. The second-order valence-corrected chi connectivity index (χ2v) is 4.59. The molecule has 3 rings (SSSR count). The van der Waals surface area contributed by atoms with Crippen LogP contribution in [-0.2, 0) is 6.42 Å². The van der Waals surface area contributed by atoms with Crippen molar-refractivity contribution in [3.05, 3.63) is 66.2 Å². The van der Waals surface area contributed by atoms with Gasteiger partial charge in [0.25, 0.3) is 0 Å². The molecule has 0 radical (unpaired) electrons. The standard InChI is InChI=1S/C16H15NO2/c18-16(8-7-14-4-2-10-19-14)13-6-5-12-3-1-9-17-15(12)11-13/h1-6,9-11,16,18H,7-8H2. The Morgan fingerprint density at radius 2 is 2.11 bits per heavy atom. The fourth-order valence-corrected chi connectivity index (χ4v) is 2.19. The highest BCUT2D eigenvalue weighted by atomic mass is 16.3. The predicted molar refractivity (Wildman–Crippen MR) is 73.7 cm³/mol. The summed E-state index contributed by atoms with van der Waals surface area (Å²) in [5.41, 5.74) is 1.81. The van der Waals surface area contributed by atoms with E-state index in [1.54, 1.807) is 12.5 Å². The third-order valence-electron chi connectivity index (χ3n) is 3.26. The molecule has 1 aromatic carbocycles. The van der Waals surface area contributed by atoms with E-state index in [9.17, 15) is 5.11 Å². The van der Waals surface area contributed by atoms with Crippen LogP contribution in [0.25, 0.3) is 10.9 Å². The minimum absolute atomic E-state index is 0.489. The van der Waals surface area contributed by atoms with Gasteiger partial charge in [-0.1, -0.05) is 18.2 Å². The molecule has 0 aliphatic heterocycles. The molecular formula is C16H15NO2. The highest BCUT2D eigenvalue weighted by Gasteiger charge is 2.09. The Labute approximate surface area is 111 Å². The quantitative estimate of drug-likeness (QED) is 0.774. The minimum Gasteiger partial charge on any atom is -0.469 e. The van der Waals surface area contributed by atoms with Crippen molar-refractivity contribution in [3.8, 4) is 0 Å². The average molecular weight is 253 g/mol. The SMILES string of the molecule is OC(CCc1ccco1)c1ccc2cccnc2c1. The molecule has 19 heavy (non-hydrogen) atoms. The van der Waals surface area contributed by atoms with E-state index in [4.69, 9.17) is 4.42 Å². The number of aliphatic hydroxyl groups excluding tert-OH is 1. The number of pyridine rings is 1. The molecule has 1 N–H and O–H groups in total. The third-order valence-corrected chi connectivity index (χ3v) is 3.26. The van der Waals surface area contributed by atoms with Crippen LogP contribution in [0.5, 0.6) is 0 Å². The molecule has 96 valence electrons. The topological polar surface area (TPSA) is 46.3 Å². The molecule has 3 aromatic rings. The summed E-state index contributed by atoms with van der Waals surface area (Å²) in [6.07, 6.45) is 4.31. The summed E-state index contributed by atoms with van der Waals surface area (Å²) in [7, 11) is 0. The summed E-state index contributed by atoms with van der Waals surface area (Å²) in [5, 5.41) is 11.3. The molecule has 0 aliphatic rings. The molecule has 2 heterocycles. The van der Waals surface area contributed by atoms with E-state index in [1.165, 1.54) is 0 Å². The second kappa shape index (κ2) is 5.24. The summed E-state index contributed by atoms with van der Waals surface area (Å²) < 4.78 is 5.27. The molecule has 2 aromatic heterocycles. The number of benzene rings is 1. The summed E-state index contributed by atoms with van der Waals surface area (Å²) >= 11 is 0. The van der Waals surface area contributed by atoms with Gasteiger partial charge in [-0.15, -0.1) is 0 Å². The van der Waals surface area contributed by atoms with Crippen molar-refractivity contribution in [1.82, 2.24) is 4.98 Å².